The molecule has 7 heteroatoms. The summed E-state index contributed by atoms with van der Waals surface area (Å²) in [6.07, 6.45) is 0. The number of nitrogens with one attached hydrogen (secondary N) is 3. The van der Waals surface area contributed by atoms with Crippen molar-refractivity contribution in [3.05, 3.63) is 95.6 Å². The van der Waals surface area contributed by atoms with Crippen LogP contribution in [0.25, 0.3) is 0 Å². The van der Waals surface area contributed by atoms with Gasteiger partial charge in [-0.25, -0.2) is 4.79 Å². The molecule has 3 aromatic carbocycles. The molecule has 0 bridgehead atoms. The fraction of sp³-hybridized carbons (Fsp3) is 0.125. The Hall–Kier alpha value is -4.13. The molecule has 0 spiro atoms. The SMILES string of the molecule is O=C(CNC(=O)c1ccccc1)Nc1ccc(NC(=O)N2Cc3ccccc3C2)cc1. The zero-order valence-corrected chi connectivity index (χ0v) is 16.8. The predicted octanol–water partition coefficient (Wildman–Crippen LogP) is 3.60. The zero-order valence-electron chi connectivity index (χ0n) is 16.8. The third kappa shape index (κ3) is 5.08. The Kier molecular flexibility index (Phi) is 5.93. The maximum Gasteiger partial charge on any atom is 0.322 e. The lowest BCUT2D eigenvalue weighted by Crippen LogP contribution is -2.32. The van der Waals surface area contributed by atoms with E-state index >= 15 is 0 Å². The Bertz CT molecular complexity index is 1070. The fourth-order valence-corrected chi connectivity index (χ4v) is 3.37. The lowest BCUT2D eigenvalue weighted by Gasteiger charge is -2.16. The van der Waals surface area contributed by atoms with E-state index < -0.39 is 0 Å². The molecule has 0 atom stereocenters. The summed E-state index contributed by atoms with van der Waals surface area (Å²) in [5, 5.41) is 8.18. The highest BCUT2D eigenvalue weighted by Gasteiger charge is 2.22. The molecule has 7 nitrogen and oxygen atoms in total. The summed E-state index contributed by atoms with van der Waals surface area (Å²) in [4.78, 5) is 38.3. The van der Waals surface area contributed by atoms with Crippen molar-refractivity contribution < 1.29 is 14.4 Å². The van der Waals surface area contributed by atoms with Crippen LogP contribution >= 0.6 is 0 Å². The van der Waals surface area contributed by atoms with Crippen LogP contribution in [0.2, 0.25) is 0 Å². The quantitative estimate of drug-likeness (QED) is 0.596. The second-order valence-corrected chi connectivity index (χ2v) is 7.23. The third-order valence-corrected chi connectivity index (χ3v) is 4.99. The van der Waals surface area contributed by atoms with Gasteiger partial charge in [-0.3, -0.25) is 9.59 Å². The molecule has 4 amide bonds. The van der Waals surface area contributed by atoms with E-state index in [-0.39, 0.29) is 24.4 Å². The standard InChI is InChI=1S/C24H22N4O3/c29-22(14-25-23(30)17-6-2-1-3-7-17)26-20-10-12-21(13-11-20)27-24(31)28-15-18-8-4-5-9-19(18)16-28/h1-13H,14-16H2,(H,25,30)(H,26,29)(H,27,31). The number of hydrogen-bond donors (Lipinski definition) is 3. The first-order chi connectivity index (χ1) is 15.1. The monoisotopic (exact) mass is 414 g/mol. The molecule has 3 aromatic rings. The van der Waals surface area contributed by atoms with Crippen molar-refractivity contribution >= 4 is 29.2 Å². The molecule has 0 aliphatic carbocycles. The highest BCUT2D eigenvalue weighted by molar-refractivity contribution is 5.99. The predicted molar refractivity (Wildman–Crippen MR) is 119 cm³/mol. The maximum absolute atomic E-state index is 12.5. The molecule has 4 rings (SSSR count). The fourth-order valence-electron chi connectivity index (χ4n) is 3.37. The van der Waals surface area contributed by atoms with Gasteiger partial charge in [0.25, 0.3) is 5.91 Å². The van der Waals surface area contributed by atoms with E-state index in [0.717, 1.165) is 11.1 Å². The van der Waals surface area contributed by atoms with Crippen LogP contribution in [-0.4, -0.2) is 29.3 Å². The number of benzene rings is 3. The van der Waals surface area contributed by atoms with Crippen LogP contribution in [0, 0.1) is 0 Å². The zero-order chi connectivity index (χ0) is 21.6. The molecule has 3 N–H and O–H groups in total. The Morgan fingerprint density at radius 3 is 1.87 bits per heavy atom. The van der Waals surface area contributed by atoms with E-state index in [0.29, 0.717) is 30.0 Å². The molecule has 0 unspecified atom stereocenters. The van der Waals surface area contributed by atoms with Gasteiger partial charge < -0.3 is 20.9 Å². The Labute approximate surface area is 180 Å². The second kappa shape index (κ2) is 9.13. The Balaban J connectivity index is 1.25. The first kappa shape index (κ1) is 20.2. The lowest BCUT2D eigenvalue weighted by molar-refractivity contribution is -0.115. The van der Waals surface area contributed by atoms with Crippen LogP contribution in [0.3, 0.4) is 0 Å². The number of rotatable bonds is 5. The number of anilines is 2. The van der Waals surface area contributed by atoms with Crippen LogP contribution in [0.15, 0.2) is 78.9 Å². The molecule has 156 valence electrons. The first-order valence-electron chi connectivity index (χ1n) is 9.94. The highest BCUT2D eigenvalue weighted by Crippen LogP contribution is 2.23. The number of urea groups is 1. The molecular weight excluding hydrogens is 392 g/mol. The van der Waals surface area contributed by atoms with Crippen LogP contribution < -0.4 is 16.0 Å². The van der Waals surface area contributed by atoms with Crippen molar-refractivity contribution in [2.24, 2.45) is 0 Å². The summed E-state index contributed by atoms with van der Waals surface area (Å²) in [5.41, 5.74) is 4.03. The molecule has 0 aromatic heterocycles. The van der Waals surface area contributed by atoms with Crippen molar-refractivity contribution in [2.45, 2.75) is 13.1 Å². The van der Waals surface area contributed by atoms with E-state index in [1.54, 1.807) is 53.4 Å². The number of carbonyl (C=O) groups excluding carboxylic acids is 3. The maximum atomic E-state index is 12.5. The summed E-state index contributed by atoms with van der Waals surface area (Å²) in [7, 11) is 0. The van der Waals surface area contributed by atoms with E-state index in [9.17, 15) is 14.4 Å². The minimum absolute atomic E-state index is 0.137. The van der Waals surface area contributed by atoms with Gasteiger partial charge in [0.1, 0.15) is 0 Å². The van der Waals surface area contributed by atoms with Crippen molar-refractivity contribution in [3.8, 4) is 0 Å². The number of hydrogen-bond acceptors (Lipinski definition) is 3. The van der Waals surface area contributed by atoms with Crippen LogP contribution in [0.1, 0.15) is 21.5 Å². The van der Waals surface area contributed by atoms with Crippen LogP contribution in [0.4, 0.5) is 16.2 Å². The van der Waals surface area contributed by atoms with Gasteiger partial charge in [0.15, 0.2) is 0 Å². The summed E-state index contributed by atoms with van der Waals surface area (Å²) >= 11 is 0. The molecule has 1 heterocycles. The summed E-state index contributed by atoms with van der Waals surface area (Å²) in [6, 6.07) is 23.4. The molecule has 1 aliphatic rings. The minimum atomic E-state index is -0.337. The largest absolute Gasteiger partial charge is 0.343 e. The average molecular weight is 414 g/mol. The molecule has 0 radical (unpaired) electrons. The summed E-state index contributed by atoms with van der Waals surface area (Å²) in [5.74, 6) is -0.645. The van der Waals surface area contributed by atoms with Gasteiger partial charge in [-0.2, -0.15) is 0 Å². The van der Waals surface area contributed by atoms with Gasteiger partial charge in [-0.05, 0) is 47.5 Å². The van der Waals surface area contributed by atoms with Gasteiger partial charge in [0.05, 0.1) is 6.54 Å². The molecular formula is C24H22N4O3. The molecule has 0 fully saturated rings. The van der Waals surface area contributed by atoms with E-state index in [1.165, 1.54) is 0 Å². The van der Waals surface area contributed by atoms with Crippen LogP contribution in [-0.2, 0) is 17.9 Å². The highest BCUT2D eigenvalue weighted by atomic mass is 16.2. The third-order valence-electron chi connectivity index (χ3n) is 4.99. The van der Waals surface area contributed by atoms with Crippen molar-refractivity contribution in [1.29, 1.82) is 0 Å². The Morgan fingerprint density at radius 1 is 0.710 bits per heavy atom. The summed E-state index contributed by atoms with van der Waals surface area (Å²) in [6.45, 7) is 1.04. The van der Waals surface area contributed by atoms with Gasteiger partial charge in [-0.1, -0.05) is 42.5 Å². The van der Waals surface area contributed by atoms with E-state index in [4.69, 9.17) is 0 Å². The van der Waals surface area contributed by atoms with Crippen molar-refractivity contribution in [2.75, 3.05) is 17.2 Å². The van der Waals surface area contributed by atoms with Gasteiger partial charge in [0, 0.05) is 30.0 Å². The minimum Gasteiger partial charge on any atom is -0.343 e. The Morgan fingerprint density at radius 2 is 1.26 bits per heavy atom. The molecule has 1 aliphatic heterocycles. The number of nitrogens with zero attached hydrogens (tertiary/aromatic N) is 1. The van der Waals surface area contributed by atoms with Gasteiger partial charge in [-0.15, -0.1) is 0 Å². The topological polar surface area (TPSA) is 90.5 Å². The second-order valence-electron chi connectivity index (χ2n) is 7.23. The smallest absolute Gasteiger partial charge is 0.322 e. The van der Waals surface area contributed by atoms with Crippen molar-refractivity contribution in [1.82, 2.24) is 10.2 Å². The lowest BCUT2D eigenvalue weighted by atomic mass is 10.1. The average Bonchev–Trinajstić information content (AvgIpc) is 3.24. The summed E-state index contributed by atoms with van der Waals surface area (Å²) < 4.78 is 0. The normalized spacial score (nSPS) is 12.1. The van der Waals surface area contributed by atoms with E-state index in [2.05, 4.69) is 16.0 Å². The van der Waals surface area contributed by atoms with Crippen molar-refractivity contribution in [3.63, 3.8) is 0 Å². The number of carbonyl (C=O) groups is 3. The van der Waals surface area contributed by atoms with Gasteiger partial charge in [0.2, 0.25) is 5.91 Å². The molecule has 0 saturated carbocycles. The van der Waals surface area contributed by atoms with Gasteiger partial charge >= 0.3 is 6.03 Å². The number of fused-ring (bicyclic) bond motifs is 1. The van der Waals surface area contributed by atoms with Crippen LogP contribution in [0.5, 0.6) is 0 Å². The first-order valence-corrected chi connectivity index (χ1v) is 9.94. The van der Waals surface area contributed by atoms with E-state index in [1.807, 2.05) is 30.3 Å². The molecule has 0 saturated heterocycles. The molecule has 31 heavy (non-hydrogen) atoms. The number of amides is 4.